The maximum Gasteiger partial charge on any atom is 0.355 e. The fourth-order valence-electron chi connectivity index (χ4n) is 4.48. The number of aryl methyl sites for hydroxylation is 1. The number of aromatic nitrogens is 4. The number of nitrogen functional groups attached to an aromatic ring is 1. The molecule has 42 heavy (non-hydrogen) atoms. The summed E-state index contributed by atoms with van der Waals surface area (Å²) < 4.78 is 78.7. The Morgan fingerprint density at radius 1 is 1.02 bits per heavy atom. The SMILES string of the molecule is COc1cc(-c2cnc(N)c3c(-c4ccc(NS(=O)(=O)C(F)F)c(O[C@@H](C)c5ccc(F)cc5)c4)nn(C)c23)ccn1. The van der Waals surface area contributed by atoms with Gasteiger partial charge in [0.15, 0.2) is 0 Å². The first-order valence-electron chi connectivity index (χ1n) is 12.5. The van der Waals surface area contributed by atoms with Crippen LogP contribution in [0.3, 0.4) is 0 Å². The first kappa shape index (κ1) is 28.7. The van der Waals surface area contributed by atoms with Crippen LogP contribution in [0.5, 0.6) is 11.6 Å². The fraction of sp³-hybridized carbons (Fsp3) is 0.179. The standard InChI is InChI=1S/C28H25F3N6O4S/c1-15(16-4-7-19(29)8-5-16)41-22-12-18(6-9-21(22)36-42(38,39)28(30)31)25-24-26(37(2)35-25)20(14-34-27(24)32)17-10-11-33-23(13-17)40-3/h4-15,28,36H,1-3H3,(H2,32,34)/t15-/m0/s1. The highest BCUT2D eigenvalue weighted by Gasteiger charge is 2.27. The van der Waals surface area contributed by atoms with Gasteiger partial charge in [-0.25, -0.2) is 22.8 Å². The normalized spacial score (nSPS) is 12.5. The van der Waals surface area contributed by atoms with Crippen LogP contribution >= 0.6 is 0 Å². The molecule has 14 heteroatoms. The van der Waals surface area contributed by atoms with Crippen molar-refractivity contribution < 1.29 is 31.1 Å². The zero-order chi connectivity index (χ0) is 30.2. The maximum atomic E-state index is 13.5. The third-order valence-corrected chi connectivity index (χ3v) is 7.50. The van der Waals surface area contributed by atoms with Gasteiger partial charge in [-0.1, -0.05) is 18.2 Å². The summed E-state index contributed by atoms with van der Waals surface area (Å²) in [5.41, 5.74) is 9.61. The van der Waals surface area contributed by atoms with E-state index in [0.717, 1.165) is 5.56 Å². The zero-order valence-corrected chi connectivity index (χ0v) is 23.4. The van der Waals surface area contributed by atoms with Crippen LogP contribution in [0.4, 0.5) is 24.7 Å². The second-order valence-corrected chi connectivity index (χ2v) is 10.9. The Labute approximate surface area is 239 Å². The van der Waals surface area contributed by atoms with Gasteiger partial charge < -0.3 is 15.2 Å². The predicted molar refractivity (Wildman–Crippen MR) is 152 cm³/mol. The zero-order valence-electron chi connectivity index (χ0n) is 22.5. The molecule has 10 nitrogen and oxygen atoms in total. The lowest BCUT2D eigenvalue weighted by atomic mass is 10.0. The molecule has 3 aromatic heterocycles. The molecule has 0 aliphatic carbocycles. The molecule has 0 fully saturated rings. The summed E-state index contributed by atoms with van der Waals surface area (Å²) in [5, 5.41) is 5.17. The minimum atomic E-state index is -5.01. The molecular weight excluding hydrogens is 573 g/mol. The van der Waals surface area contributed by atoms with Crippen LogP contribution in [0.2, 0.25) is 0 Å². The third-order valence-electron chi connectivity index (χ3n) is 6.53. The average molecular weight is 599 g/mol. The number of methoxy groups -OCH3 is 1. The molecule has 3 N–H and O–H groups in total. The van der Waals surface area contributed by atoms with Crippen molar-refractivity contribution in [3.8, 4) is 34.0 Å². The van der Waals surface area contributed by atoms with Crippen LogP contribution in [-0.4, -0.2) is 41.0 Å². The van der Waals surface area contributed by atoms with E-state index in [0.29, 0.717) is 39.2 Å². The van der Waals surface area contributed by atoms with Gasteiger partial charge in [0, 0.05) is 36.6 Å². The number of ether oxygens (including phenoxy) is 2. The van der Waals surface area contributed by atoms with Gasteiger partial charge in [0.2, 0.25) is 5.88 Å². The number of hydrogen-bond acceptors (Lipinski definition) is 8. The van der Waals surface area contributed by atoms with Gasteiger partial charge in [-0.15, -0.1) is 0 Å². The van der Waals surface area contributed by atoms with E-state index in [9.17, 15) is 21.6 Å². The quantitative estimate of drug-likeness (QED) is 0.226. The van der Waals surface area contributed by atoms with Crippen molar-refractivity contribution in [3.63, 3.8) is 0 Å². The van der Waals surface area contributed by atoms with Crippen LogP contribution < -0.4 is 19.9 Å². The monoisotopic (exact) mass is 598 g/mol. The predicted octanol–water partition coefficient (Wildman–Crippen LogP) is 5.53. The molecule has 0 saturated carbocycles. The number of nitrogens with two attached hydrogens (primary N) is 1. The first-order chi connectivity index (χ1) is 20.0. The van der Waals surface area contributed by atoms with Gasteiger partial charge in [0.1, 0.15) is 29.2 Å². The summed E-state index contributed by atoms with van der Waals surface area (Å²) in [7, 11) is -1.78. The van der Waals surface area contributed by atoms with Gasteiger partial charge in [-0.3, -0.25) is 9.40 Å². The number of nitrogens with one attached hydrogen (secondary N) is 1. The van der Waals surface area contributed by atoms with E-state index in [2.05, 4.69) is 15.1 Å². The highest BCUT2D eigenvalue weighted by Crippen LogP contribution is 2.40. The molecule has 0 bridgehead atoms. The van der Waals surface area contributed by atoms with E-state index in [1.165, 1.54) is 49.6 Å². The Balaban J connectivity index is 1.65. The van der Waals surface area contributed by atoms with Crippen LogP contribution in [0.1, 0.15) is 18.6 Å². The number of pyridine rings is 2. The van der Waals surface area contributed by atoms with Crippen LogP contribution in [0.25, 0.3) is 33.3 Å². The third kappa shape index (κ3) is 5.52. The second-order valence-electron chi connectivity index (χ2n) is 9.27. The van der Waals surface area contributed by atoms with Gasteiger partial charge >= 0.3 is 5.76 Å². The second kappa shape index (κ2) is 11.2. The van der Waals surface area contributed by atoms with E-state index < -0.39 is 27.7 Å². The molecule has 0 spiro atoms. The van der Waals surface area contributed by atoms with Crippen molar-refractivity contribution in [2.75, 3.05) is 17.6 Å². The van der Waals surface area contributed by atoms with Crippen LogP contribution in [0, 0.1) is 5.82 Å². The van der Waals surface area contributed by atoms with Crippen molar-refractivity contribution in [3.05, 3.63) is 78.4 Å². The largest absolute Gasteiger partial charge is 0.484 e. The average Bonchev–Trinajstić information content (AvgIpc) is 3.32. The van der Waals surface area contributed by atoms with Gasteiger partial charge in [-0.2, -0.15) is 13.9 Å². The molecular formula is C28H25F3N6O4S. The smallest absolute Gasteiger partial charge is 0.355 e. The lowest BCUT2D eigenvalue weighted by Crippen LogP contribution is -2.21. The number of hydrogen-bond donors (Lipinski definition) is 2. The van der Waals surface area contributed by atoms with Crippen molar-refractivity contribution in [2.45, 2.75) is 18.8 Å². The molecule has 0 amide bonds. The molecule has 2 aromatic carbocycles. The molecule has 0 unspecified atom stereocenters. The van der Waals surface area contributed by atoms with E-state index in [1.807, 2.05) is 4.72 Å². The molecule has 5 rings (SSSR count). The molecule has 3 heterocycles. The molecule has 218 valence electrons. The molecule has 0 aliphatic heterocycles. The van der Waals surface area contributed by atoms with E-state index in [4.69, 9.17) is 15.2 Å². The Bertz CT molecular complexity index is 1880. The number of alkyl halides is 2. The highest BCUT2D eigenvalue weighted by molar-refractivity contribution is 7.93. The molecule has 0 aliphatic rings. The van der Waals surface area contributed by atoms with Gasteiger partial charge in [0.05, 0.1) is 23.7 Å². The Hall–Kier alpha value is -4.85. The first-order valence-corrected chi connectivity index (χ1v) is 14.0. The van der Waals surface area contributed by atoms with E-state index in [-0.39, 0.29) is 17.3 Å². The number of anilines is 2. The highest BCUT2D eigenvalue weighted by atomic mass is 32.2. The summed E-state index contributed by atoms with van der Waals surface area (Å²) in [4.78, 5) is 8.51. The fourth-order valence-corrected chi connectivity index (χ4v) is 5.04. The minimum Gasteiger partial charge on any atom is -0.484 e. The molecule has 0 saturated heterocycles. The van der Waals surface area contributed by atoms with Gasteiger partial charge in [0.25, 0.3) is 10.0 Å². The van der Waals surface area contributed by atoms with E-state index >= 15 is 0 Å². The summed E-state index contributed by atoms with van der Waals surface area (Å²) in [6.07, 6.45) is 2.49. The number of fused-ring (bicyclic) bond motifs is 1. The summed E-state index contributed by atoms with van der Waals surface area (Å²) in [6.45, 7) is 1.65. The number of halogens is 3. The minimum absolute atomic E-state index is 0.0612. The Morgan fingerprint density at radius 3 is 2.45 bits per heavy atom. The number of nitrogens with zero attached hydrogens (tertiary/aromatic N) is 4. The van der Waals surface area contributed by atoms with Crippen LogP contribution in [0.15, 0.2) is 67.0 Å². The number of benzene rings is 2. The lowest BCUT2D eigenvalue weighted by molar-refractivity contribution is 0.228. The Morgan fingerprint density at radius 2 is 1.76 bits per heavy atom. The summed E-state index contributed by atoms with van der Waals surface area (Å²) >= 11 is 0. The Kier molecular flexibility index (Phi) is 7.65. The van der Waals surface area contributed by atoms with Crippen molar-refractivity contribution in [1.82, 2.24) is 19.7 Å². The van der Waals surface area contributed by atoms with E-state index in [1.54, 1.807) is 43.2 Å². The molecule has 5 aromatic rings. The van der Waals surface area contributed by atoms with Crippen molar-refractivity contribution in [2.24, 2.45) is 7.05 Å². The number of rotatable bonds is 9. The van der Waals surface area contributed by atoms with Crippen molar-refractivity contribution >= 4 is 32.4 Å². The van der Waals surface area contributed by atoms with Crippen LogP contribution in [-0.2, 0) is 17.1 Å². The lowest BCUT2D eigenvalue weighted by Gasteiger charge is -2.19. The molecule has 1 atom stereocenters. The number of sulfonamides is 1. The van der Waals surface area contributed by atoms with Crippen molar-refractivity contribution in [1.29, 1.82) is 0 Å². The summed E-state index contributed by atoms with van der Waals surface area (Å²) in [5.74, 6) is -3.60. The van der Waals surface area contributed by atoms with Gasteiger partial charge in [-0.05, 0) is 48.4 Å². The maximum absolute atomic E-state index is 13.5. The molecule has 0 radical (unpaired) electrons. The topological polar surface area (TPSA) is 134 Å². The summed E-state index contributed by atoms with van der Waals surface area (Å²) in [6, 6.07) is 13.3.